The first-order valence-corrected chi connectivity index (χ1v) is 3.42. The van der Waals surface area contributed by atoms with Crippen LogP contribution in [0.15, 0.2) is 12.2 Å². The summed E-state index contributed by atoms with van der Waals surface area (Å²) in [4.78, 5) is 2.10. The Kier molecular flexibility index (Phi) is 9.83. The maximum atomic E-state index is 3.75. The van der Waals surface area contributed by atoms with Crippen molar-refractivity contribution in [1.29, 1.82) is 0 Å². The maximum Gasteiger partial charge on any atom is 0.0181 e. The fourth-order valence-electron chi connectivity index (χ4n) is 0.540. The van der Waals surface area contributed by atoms with E-state index in [4.69, 9.17) is 0 Å². The molecule has 0 rings (SSSR count). The lowest BCUT2D eigenvalue weighted by atomic mass is 10.3. The molecule has 0 atom stereocenters. The second-order valence-electron chi connectivity index (χ2n) is 2.19. The maximum absolute atomic E-state index is 3.75. The lowest BCUT2D eigenvalue weighted by Crippen LogP contribution is -2.12. The van der Waals surface area contributed by atoms with Crippen LogP contribution in [-0.2, 0) is 0 Å². The second kappa shape index (κ2) is 7.70. The molecule has 0 heterocycles. The van der Waals surface area contributed by atoms with E-state index in [1.165, 1.54) is 5.57 Å². The summed E-state index contributed by atoms with van der Waals surface area (Å²) in [5.41, 5.74) is 1.21. The van der Waals surface area contributed by atoms with Crippen molar-refractivity contribution in [3.8, 4) is 0 Å². The highest BCUT2D eigenvalue weighted by atomic mass is 15.0. The molecule has 0 aliphatic rings. The summed E-state index contributed by atoms with van der Waals surface area (Å²) in [5, 5.41) is 0. The molecule has 56 valence electrons. The van der Waals surface area contributed by atoms with Gasteiger partial charge in [0.1, 0.15) is 0 Å². The van der Waals surface area contributed by atoms with Gasteiger partial charge in [-0.1, -0.05) is 26.0 Å². The average Bonchev–Trinajstić information content (AvgIpc) is 1.68. The first-order chi connectivity index (χ1) is 4.13. The molecule has 0 spiro atoms. The predicted octanol–water partition coefficient (Wildman–Crippen LogP) is 2.15. The molecular formula is C8H19N. The standard InChI is InChI=1S/C6H13N.C2H6/c1-6(2)5-7(3)4;1-2/h1,5H2,2-4H3;1-2H3. The van der Waals surface area contributed by atoms with E-state index < -0.39 is 0 Å². The van der Waals surface area contributed by atoms with Gasteiger partial charge in [-0.15, -0.1) is 0 Å². The molecule has 0 radical (unpaired) electrons. The second-order valence-corrected chi connectivity index (χ2v) is 2.19. The van der Waals surface area contributed by atoms with Gasteiger partial charge in [-0.2, -0.15) is 0 Å². The molecule has 0 aliphatic heterocycles. The van der Waals surface area contributed by atoms with E-state index >= 15 is 0 Å². The summed E-state index contributed by atoms with van der Waals surface area (Å²) in [7, 11) is 4.07. The van der Waals surface area contributed by atoms with Crippen molar-refractivity contribution < 1.29 is 0 Å². The van der Waals surface area contributed by atoms with E-state index in [0.29, 0.717) is 0 Å². The zero-order valence-corrected chi connectivity index (χ0v) is 7.36. The first-order valence-electron chi connectivity index (χ1n) is 3.42. The third-order valence-corrected chi connectivity index (χ3v) is 0.586. The number of hydrogen-bond donors (Lipinski definition) is 0. The Balaban J connectivity index is 0. The zero-order valence-electron chi connectivity index (χ0n) is 7.36. The van der Waals surface area contributed by atoms with E-state index in [1.54, 1.807) is 0 Å². The molecule has 0 fully saturated rings. The van der Waals surface area contributed by atoms with Gasteiger partial charge in [0.15, 0.2) is 0 Å². The zero-order chi connectivity index (χ0) is 7.86. The molecule has 1 nitrogen and oxygen atoms in total. The summed E-state index contributed by atoms with van der Waals surface area (Å²) < 4.78 is 0. The molecule has 0 aromatic carbocycles. The molecule has 0 N–H and O–H groups in total. The Hall–Kier alpha value is -0.300. The lowest BCUT2D eigenvalue weighted by molar-refractivity contribution is 0.446. The normalized spacial score (nSPS) is 8.22. The first kappa shape index (κ1) is 11.5. The van der Waals surface area contributed by atoms with Gasteiger partial charge in [-0.3, -0.25) is 0 Å². The Morgan fingerprint density at radius 2 is 1.67 bits per heavy atom. The van der Waals surface area contributed by atoms with E-state index in [0.717, 1.165) is 6.54 Å². The number of rotatable bonds is 2. The highest BCUT2D eigenvalue weighted by Crippen LogP contribution is 1.86. The lowest BCUT2D eigenvalue weighted by Gasteiger charge is -2.06. The minimum Gasteiger partial charge on any atom is -0.305 e. The highest BCUT2D eigenvalue weighted by Gasteiger charge is 1.85. The van der Waals surface area contributed by atoms with Crippen LogP contribution in [0, 0.1) is 0 Å². The quantitative estimate of drug-likeness (QED) is 0.516. The molecule has 1 heteroatoms. The van der Waals surface area contributed by atoms with Gasteiger partial charge in [-0.25, -0.2) is 0 Å². The third-order valence-electron chi connectivity index (χ3n) is 0.586. The van der Waals surface area contributed by atoms with Crippen LogP contribution in [0.4, 0.5) is 0 Å². The monoisotopic (exact) mass is 129 g/mol. The van der Waals surface area contributed by atoms with Crippen LogP contribution in [0.1, 0.15) is 20.8 Å². The van der Waals surface area contributed by atoms with Gasteiger partial charge in [0.25, 0.3) is 0 Å². The van der Waals surface area contributed by atoms with Crippen molar-refractivity contribution in [1.82, 2.24) is 4.90 Å². The molecule has 9 heavy (non-hydrogen) atoms. The number of hydrogen-bond acceptors (Lipinski definition) is 1. The topological polar surface area (TPSA) is 3.24 Å². The van der Waals surface area contributed by atoms with Gasteiger partial charge in [0.05, 0.1) is 0 Å². The molecule has 0 unspecified atom stereocenters. The third kappa shape index (κ3) is 18.3. The van der Waals surface area contributed by atoms with Crippen LogP contribution in [0.25, 0.3) is 0 Å². The van der Waals surface area contributed by atoms with Crippen molar-refractivity contribution in [3.05, 3.63) is 12.2 Å². The highest BCUT2D eigenvalue weighted by molar-refractivity contribution is 4.90. The molecule has 0 aromatic heterocycles. The predicted molar refractivity (Wildman–Crippen MR) is 44.7 cm³/mol. The Bertz CT molecular complexity index is 65.0. The summed E-state index contributed by atoms with van der Waals surface area (Å²) in [6.45, 7) is 10.8. The Morgan fingerprint density at radius 1 is 1.33 bits per heavy atom. The summed E-state index contributed by atoms with van der Waals surface area (Å²) >= 11 is 0. The van der Waals surface area contributed by atoms with Crippen LogP contribution in [-0.4, -0.2) is 25.5 Å². The molecule has 0 saturated heterocycles. The minimum atomic E-state index is 1.00. The molecule has 0 saturated carbocycles. The van der Waals surface area contributed by atoms with Crippen LogP contribution in [0.2, 0.25) is 0 Å². The largest absolute Gasteiger partial charge is 0.305 e. The van der Waals surface area contributed by atoms with Crippen molar-refractivity contribution in [2.24, 2.45) is 0 Å². The van der Waals surface area contributed by atoms with Crippen LogP contribution in [0.3, 0.4) is 0 Å². The van der Waals surface area contributed by atoms with Crippen molar-refractivity contribution in [2.45, 2.75) is 20.8 Å². The average molecular weight is 129 g/mol. The SMILES string of the molecule is C=C(C)CN(C)C.CC. The molecule has 0 amide bonds. The van der Waals surface area contributed by atoms with E-state index in [2.05, 4.69) is 11.5 Å². The van der Waals surface area contributed by atoms with Crippen LogP contribution in [0.5, 0.6) is 0 Å². The van der Waals surface area contributed by atoms with Crippen molar-refractivity contribution in [2.75, 3.05) is 20.6 Å². The van der Waals surface area contributed by atoms with Gasteiger partial charge < -0.3 is 4.90 Å². The van der Waals surface area contributed by atoms with Crippen molar-refractivity contribution in [3.63, 3.8) is 0 Å². The van der Waals surface area contributed by atoms with Gasteiger partial charge in [0, 0.05) is 6.54 Å². The van der Waals surface area contributed by atoms with Gasteiger partial charge >= 0.3 is 0 Å². The summed E-state index contributed by atoms with van der Waals surface area (Å²) in [6, 6.07) is 0. The van der Waals surface area contributed by atoms with E-state index in [1.807, 2.05) is 34.9 Å². The van der Waals surface area contributed by atoms with Crippen LogP contribution < -0.4 is 0 Å². The Morgan fingerprint density at radius 3 is 1.67 bits per heavy atom. The smallest absolute Gasteiger partial charge is 0.0181 e. The molecule has 0 aromatic rings. The van der Waals surface area contributed by atoms with Crippen LogP contribution >= 0.6 is 0 Å². The Labute approximate surface area is 59.4 Å². The summed E-state index contributed by atoms with van der Waals surface area (Å²) in [5.74, 6) is 0. The molecule has 0 bridgehead atoms. The molecule has 0 aliphatic carbocycles. The fraction of sp³-hybridized carbons (Fsp3) is 0.750. The summed E-state index contributed by atoms with van der Waals surface area (Å²) in [6.07, 6.45) is 0. The number of nitrogens with zero attached hydrogens (tertiary/aromatic N) is 1. The number of likely N-dealkylation sites (N-methyl/N-ethyl adjacent to an activating group) is 1. The van der Waals surface area contributed by atoms with Gasteiger partial charge in [-0.05, 0) is 21.0 Å². The van der Waals surface area contributed by atoms with Crippen molar-refractivity contribution >= 4 is 0 Å². The van der Waals surface area contributed by atoms with E-state index in [-0.39, 0.29) is 0 Å². The minimum absolute atomic E-state index is 1.00. The molecular weight excluding hydrogens is 110 g/mol. The van der Waals surface area contributed by atoms with Gasteiger partial charge in [0.2, 0.25) is 0 Å². The van der Waals surface area contributed by atoms with E-state index in [9.17, 15) is 0 Å². The fourth-order valence-corrected chi connectivity index (χ4v) is 0.540.